The fraction of sp³-hybridized carbons (Fsp3) is 0.500. The van der Waals surface area contributed by atoms with E-state index in [1.165, 1.54) is 25.1 Å². The Bertz CT molecular complexity index is 877. The lowest BCUT2D eigenvalue weighted by Crippen LogP contribution is -2.40. The fourth-order valence-electron chi connectivity index (χ4n) is 4.12. The van der Waals surface area contributed by atoms with Crippen LogP contribution in [-0.4, -0.2) is 59.5 Å². The maximum atomic E-state index is 12.9. The third-order valence-electron chi connectivity index (χ3n) is 5.60. The van der Waals surface area contributed by atoms with E-state index in [0.717, 1.165) is 31.2 Å². The van der Waals surface area contributed by atoms with Gasteiger partial charge in [-0.2, -0.15) is 0 Å². The van der Waals surface area contributed by atoms with Crippen LogP contribution in [-0.2, 0) is 17.6 Å². The van der Waals surface area contributed by atoms with Gasteiger partial charge in [0.05, 0.1) is 25.0 Å². The molecule has 148 valence electrons. The molecule has 2 aliphatic rings. The molecule has 0 spiro atoms. The molecule has 1 aliphatic carbocycles. The summed E-state index contributed by atoms with van der Waals surface area (Å²) in [5.41, 5.74) is 2.58. The summed E-state index contributed by atoms with van der Waals surface area (Å²) in [6, 6.07) is 0.126. The number of aryl methyl sites for hydroxylation is 1. The van der Waals surface area contributed by atoms with E-state index in [-0.39, 0.29) is 11.9 Å². The molecule has 1 saturated heterocycles. The Morgan fingerprint density at radius 1 is 1.32 bits per heavy atom. The summed E-state index contributed by atoms with van der Waals surface area (Å²) in [6.07, 6.45) is 8.53. The van der Waals surface area contributed by atoms with Crippen LogP contribution in [0.4, 0.5) is 5.95 Å². The van der Waals surface area contributed by atoms with Gasteiger partial charge in [-0.15, -0.1) is 0 Å². The standard InChI is InChI=1S/C20H24N4O4/c1-3-24(20-21-9-14(10-22-20)19(26)27-2)15-7-8-23(11-15)18(25)17-16-6-4-5-13(16)12-28-17/h9-10,12,15H,3-8,11H2,1-2H3. The number of furan rings is 1. The average molecular weight is 384 g/mol. The second-order valence-electron chi connectivity index (χ2n) is 7.17. The van der Waals surface area contributed by atoms with Crippen molar-refractivity contribution in [3.05, 3.63) is 41.1 Å². The number of hydrogen-bond donors (Lipinski definition) is 0. The molecule has 2 aromatic rings. The van der Waals surface area contributed by atoms with Crippen molar-refractivity contribution in [2.75, 3.05) is 31.6 Å². The molecular weight excluding hydrogens is 360 g/mol. The van der Waals surface area contributed by atoms with E-state index >= 15 is 0 Å². The Balaban J connectivity index is 1.46. The van der Waals surface area contributed by atoms with Crippen molar-refractivity contribution in [3.63, 3.8) is 0 Å². The number of fused-ring (bicyclic) bond motifs is 1. The van der Waals surface area contributed by atoms with Gasteiger partial charge in [0.15, 0.2) is 5.76 Å². The number of ether oxygens (including phenoxy) is 1. The van der Waals surface area contributed by atoms with Gasteiger partial charge in [0.25, 0.3) is 5.91 Å². The Labute approximate surface area is 163 Å². The van der Waals surface area contributed by atoms with Crippen LogP contribution < -0.4 is 4.90 Å². The van der Waals surface area contributed by atoms with E-state index in [1.807, 2.05) is 11.8 Å². The number of carbonyl (C=O) groups is 2. The van der Waals surface area contributed by atoms with Crippen molar-refractivity contribution in [1.29, 1.82) is 0 Å². The molecule has 28 heavy (non-hydrogen) atoms. The Hall–Kier alpha value is -2.90. The highest BCUT2D eigenvalue weighted by Gasteiger charge is 2.34. The van der Waals surface area contributed by atoms with Crippen molar-refractivity contribution in [2.45, 2.75) is 38.6 Å². The minimum absolute atomic E-state index is 0.0244. The molecule has 8 heteroatoms. The van der Waals surface area contributed by atoms with Crippen LogP contribution in [0.3, 0.4) is 0 Å². The molecule has 2 aromatic heterocycles. The van der Waals surface area contributed by atoms with Gasteiger partial charge in [0, 0.05) is 37.6 Å². The molecule has 8 nitrogen and oxygen atoms in total. The number of hydrogen-bond acceptors (Lipinski definition) is 7. The molecule has 0 saturated carbocycles. The molecule has 3 heterocycles. The fourth-order valence-corrected chi connectivity index (χ4v) is 4.12. The van der Waals surface area contributed by atoms with E-state index in [1.54, 1.807) is 6.26 Å². The summed E-state index contributed by atoms with van der Waals surface area (Å²) < 4.78 is 10.3. The van der Waals surface area contributed by atoms with E-state index in [2.05, 4.69) is 19.6 Å². The van der Waals surface area contributed by atoms with Gasteiger partial charge in [-0.05, 0) is 38.2 Å². The van der Waals surface area contributed by atoms with Crippen LogP contribution in [0, 0.1) is 0 Å². The highest BCUT2D eigenvalue weighted by molar-refractivity contribution is 5.93. The lowest BCUT2D eigenvalue weighted by atomic mass is 10.2. The molecule has 0 radical (unpaired) electrons. The molecule has 1 atom stereocenters. The SMILES string of the molecule is CCN(c1ncc(C(=O)OC)cn1)C1CCN(C(=O)c2occ3c2CCC3)C1. The number of likely N-dealkylation sites (N-methyl/N-ethyl adjacent to an activating group) is 1. The van der Waals surface area contributed by atoms with Crippen molar-refractivity contribution in [3.8, 4) is 0 Å². The topological polar surface area (TPSA) is 88.8 Å². The van der Waals surface area contributed by atoms with Crippen molar-refractivity contribution < 1.29 is 18.7 Å². The van der Waals surface area contributed by atoms with Gasteiger partial charge < -0.3 is 19.0 Å². The zero-order chi connectivity index (χ0) is 19.7. The van der Waals surface area contributed by atoms with Crippen molar-refractivity contribution in [2.24, 2.45) is 0 Å². The molecular formula is C20H24N4O4. The number of esters is 1. The van der Waals surface area contributed by atoms with Crippen molar-refractivity contribution in [1.82, 2.24) is 14.9 Å². The predicted octanol–water partition coefficient (Wildman–Crippen LogP) is 2.09. The summed E-state index contributed by atoms with van der Waals surface area (Å²) in [5, 5.41) is 0. The minimum atomic E-state index is -0.460. The molecule has 0 bridgehead atoms. The molecule has 1 unspecified atom stereocenters. The van der Waals surface area contributed by atoms with Gasteiger partial charge in [-0.1, -0.05) is 0 Å². The third-order valence-corrected chi connectivity index (χ3v) is 5.60. The number of anilines is 1. The van der Waals surface area contributed by atoms with E-state index in [9.17, 15) is 9.59 Å². The smallest absolute Gasteiger partial charge is 0.341 e. The number of rotatable bonds is 5. The van der Waals surface area contributed by atoms with Gasteiger partial charge in [-0.25, -0.2) is 14.8 Å². The molecule has 0 aromatic carbocycles. The van der Waals surface area contributed by atoms with Crippen molar-refractivity contribution >= 4 is 17.8 Å². The van der Waals surface area contributed by atoms with Crippen LogP contribution in [0.25, 0.3) is 0 Å². The quantitative estimate of drug-likeness (QED) is 0.729. The number of likely N-dealkylation sites (tertiary alicyclic amines) is 1. The summed E-state index contributed by atoms with van der Waals surface area (Å²) in [4.78, 5) is 37.1. The number of aromatic nitrogens is 2. The van der Waals surface area contributed by atoms with Gasteiger partial charge in [0.2, 0.25) is 5.95 Å². The second kappa shape index (κ2) is 7.61. The Kier molecular flexibility index (Phi) is 5.02. The predicted molar refractivity (Wildman–Crippen MR) is 101 cm³/mol. The van der Waals surface area contributed by atoms with Crippen LogP contribution in [0.5, 0.6) is 0 Å². The lowest BCUT2D eigenvalue weighted by Gasteiger charge is -2.27. The number of methoxy groups -OCH3 is 1. The second-order valence-corrected chi connectivity index (χ2v) is 7.17. The van der Waals surface area contributed by atoms with Crippen LogP contribution >= 0.6 is 0 Å². The Morgan fingerprint density at radius 2 is 2.11 bits per heavy atom. The minimum Gasteiger partial charge on any atom is -0.465 e. The zero-order valence-corrected chi connectivity index (χ0v) is 16.2. The zero-order valence-electron chi connectivity index (χ0n) is 16.2. The van der Waals surface area contributed by atoms with Gasteiger partial charge in [-0.3, -0.25) is 4.79 Å². The molecule has 4 rings (SSSR count). The van der Waals surface area contributed by atoms with Crippen LogP contribution in [0.1, 0.15) is 51.8 Å². The first-order valence-corrected chi connectivity index (χ1v) is 9.67. The first-order chi connectivity index (χ1) is 13.6. The first kappa shape index (κ1) is 18.5. The summed E-state index contributed by atoms with van der Waals surface area (Å²) in [7, 11) is 1.33. The summed E-state index contributed by atoms with van der Waals surface area (Å²) in [6.45, 7) is 4.02. The maximum absolute atomic E-state index is 12.9. The lowest BCUT2D eigenvalue weighted by molar-refractivity contribution is 0.0599. The van der Waals surface area contributed by atoms with Crippen LogP contribution in [0.2, 0.25) is 0 Å². The highest BCUT2D eigenvalue weighted by atomic mass is 16.5. The monoisotopic (exact) mass is 384 g/mol. The third kappa shape index (κ3) is 3.23. The first-order valence-electron chi connectivity index (χ1n) is 9.67. The number of amides is 1. The largest absolute Gasteiger partial charge is 0.465 e. The molecule has 1 aliphatic heterocycles. The molecule has 1 fully saturated rings. The van der Waals surface area contributed by atoms with Gasteiger partial charge in [0.1, 0.15) is 0 Å². The Morgan fingerprint density at radius 3 is 2.82 bits per heavy atom. The van der Waals surface area contributed by atoms with E-state index in [4.69, 9.17) is 4.42 Å². The highest BCUT2D eigenvalue weighted by Crippen LogP contribution is 2.29. The van der Waals surface area contributed by atoms with Gasteiger partial charge >= 0.3 is 5.97 Å². The molecule has 0 N–H and O–H groups in total. The number of nitrogens with zero attached hydrogens (tertiary/aromatic N) is 4. The number of carbonyl (C=O) groups excluding carboxylic acids is 2. The van der Waals surface area contributed by atoms with E-state index < -0.39 is 5.97 Å². The maximum Gasteiger partial charge on any atom is 0.341 e. The molecule has 1 amide bonds. The summed E-state index contributed by atoms with van der Waals surface area (Å²) in [5.74, 6) is 0.574. The summed E-state index contributed by atoms with van der Waals surface area (Å²) >= 11 is 0. The van der Waals surface area contributed by atoms with Crippen LogP contribution in [0.15, 0.2) is 23.1 Å². The van der Waals surface area contributed by atoms with E-state index in [0.29, 0.717) is 36.9 Å². The normalized spacial score (nSPS) is 18.2. The average Bonchev–Trinajstić information content (AvgIpc) is 3.45.